The van der Waals surface area contributed by atoms with E-state index in [9.17, 15) is 4.79 Å². The first-order chi connectivity index (χ1) is 8.24. The molecule has 1 aromatic rings. The Bertz CT molecular complexity index is 403. The van der Waals surface area contributed by atoms with Crippen LogP contribution in [0.15, 0.2) is 30.3 Å². The van der Waals surface area contributed by atoms with E-state index >= 15 is 0 Å². The maximum Gasteiger partial charge on any atom is 0.236 e. The predicted molar refractivity (Wildman–Crippen MR) is 69.5 cm³/mol. The van der Waals surface area contributed by atoms with Crippen molar-refractivity contribution in [3.63, 3.8) is 0 Å². The Morgan fingerprint density at radius 2 is 2.06 bits per heavy atom. The van der Waals surface area contributed by atoms with Gasteiger partial charge >= 0.3 is 0 Å². The molecule has 0 aliphatic rings. The summed E-state index contributed by atoms with van der Waals surface area (Å²) in [6.07, 6.45) is 0. The molecule has 0 aliphatic carbocycles. The van der Waals surface area contributed by atoms with Crippen LogP contribution in [0.5, 0.6) is 0 Å². The van der Waals surface area contributed by atoms with Gasteiger partial charge in [0.2, 0.25) is 5.91 Å². The minimum Gasteiger partial charge on any atom is -0.355 e. The van der Waals surface area contributed by atoms with Gasteiger partial charge in [0.1, 0.15) is 0 Å². The van der Waals surface area contributed by atoms with Crippen LogP contribution in [0.1, 0.15) is 19.4 Å². The second-order valence-corrected chi connectivity index (χ2v) is 3.66. The Morgan fingerprint density at radius 3 is 2.71 bits per heavy atom. The topological polar surface area (TPSA) is 41.1 Å². The number of hydrogen-bond donors (Lipinski definition) is 2. The van der Waals surface area contributed by atoms with E-state index in [4.69, 9.17) is 0 Å². The lowest BCUT2D eigenvalue weighted by Crippen LogP contribution is -2.42. The summed E-state index contributed by atoms with van der Waals surface area (Å²) in [7, 11) is 0. The lowest BCUT2D eigenvalue weighted by Gasteiger charge is -2.10. The van der Waals surface area contributed by atoms with Gasteiger partial charge in [-0.05, 0) is 26.0 Å². The second-order valence-electron chi connectivity index (χ2n) is 3.66. The largest absolute Gasteiger partial charge is 0.355 e. The van der Waals surface area contributed by atoms with E-state index in [0.717, 1.165) is 5.56 Å². The average molecular weight is 230 g/mol. The summed E-state index contributed by atoms with van der Waals surface area (Å²) in [5.74, 6) is 6.02. The summed E-state index contributed by atoms with van der Waals surface area (Å²) in [6, 6.07) is 9.57. The van der Waals surface area contributed by atoms with E-state index in [0.29, 0.717) is 13.1 Å². The zero-order valence-corrected chi connectivity index (χ0v) is 10.3. The number of carbonyl (C=O) groups is 1. The molecule has 3 nitrogen and oxygen atoms in total. The van der Waals surface area contributed by atoms with E-state index in [-0.39, 0.29) is 11.9 Å². The predicted octanol–water partition coefficient (Wildman–Crippen LogP) is 1.15. The van der Waals surface area contributed by atoms with Crippen molar-refractivity contribution in [2.75, 3.05) is 13.1 Å². The van der Waals surface area contributed by atoms with Crippen LogP contribution >= 0.6 is 0 Å². The minimum absolute atomic E-state index is 0.00834. The van der Waals surface area contributed by atoms with Crippen molar-refractivity contribution in [3.05, 3.63) is 35.9 Å². The molecule has 1 atom stereocenters. The number of likely N-dealkylation sites (N-methyl/N-ethyl adjacent to an activating group) is 1. The molecular formula is C14H18N2O. The van der Waals surface area contributed by atoms with Gasteiger partial charge in [0.25, 0.3) is 0 Å². The molecule has 1 amide bonds. The highest BCUT2D eigenvalue weighted by Gasteiger charge is 2.08. The first-order valence-electron chi connectivity index (χ1n) is 5.79. The monoisotopic (exact) mass is 230 g/mol. The third kappa shape index (κ3) is 5.19. The Labute approximate surface area is 103 Å². The minimum atomic E-state index is -0.208. The quantitative estimate of drug-likeness (QED) is 0.762. The molecule has 2 N–H and O–H groups in total. The van der Waals surface area contributed by atoms with Gasteiger partial charge in [0.05, 0.1) is 12.6 Å². The van der Waals surface area contributed by atoms with Gasteiger partial charge < -0.3 is 5.32 Å². The fourth-order valence-corrected chi connectivity index (χ4v) is 1.29. The molecule has 1 unspecified atom stereocenters. The van der Waals surface area contributed by atoms with Crippen molar-refractivity contribution in [2.24, 2.45) is 0 Å². The molecule has 0 saturated carbocycles. The summed E-state index contributed by atoms with van der Waals surface area (Å²) in [6.45, 7) is 4.89. The molecule has 0 spiro atoms. The first kappa shape index (κ1) is 13.3. The van der Waals surface area contributed by atoms with Crippen molar-refractivity contribution in [3.8, 4) is 11.8 Å². The number of amides is 1. The molecular weight excluding hydrogens is 212 g/mol. The SMILES string of the molecule is CCNC(=O)C(C)NCC#Cc1ccccc1. The molecule has 0 saturated heterocycles. The standard InChI is InChI=1S/C14H18N2O/c1-3-15-14(17)12(2)16-11-7-10-13-8-5-4-6-9-13/h4-6,8-9,12,16H,3,11H2,1-2H3,(H,15,17). The van der Waals surface area contributed by atoms with E-state index in [1.54, 1.807) is 0 Å². The number of hydrogen-bond acceptors (Lipinski definition) is 2. The van der Waals surface area contributed by atoms with Gasteiger partial charge in [-0.1, -0.05) is 30.0 Å². The Morgan fingerprint density at radius 1 is 1.35 bits per heavy atom. The van der Waals surface area contributed by atoms with Gasteiger partial charge in [-0.3, -0.25) is 10.1 Å². The number of carbonyl (C=O) groups excluding carboxylic acids is 1. The van der Waals surface area contributed by atoms with Gasteiger partial charge in [-0.2, -0.15) is 0 Å². The lowest BCUT2D eigenvalue weighted by atomic mass is 10.2. The summed E-state index contributed by atoms with van der Waals surface area (Å²) in [4.78, 5) is 11.4. The van der Waals surface area contributed by atoms with E-state index in [1.807, 2.05) is 44.2 Å². The van der Waals surface area contributed by atoms with Crippen LogP contribution in [-0.2, 0) is 4.79 Å². The highest BCUT2D eigenvalue weighted by atomic mass is 16.2. The molecule has 0 aliphatic heterocycles. The molecule has 90 valence electrons. The maximum absolute atomic E-state index is 11.4. The normalized spacial score (nSPS) is 11.2. The molecule has 3 heteroatoms. The highest BCUT2D eigenvalue weighted by Crippen LogP contribution is 1.94. The van der Waals surface area contributed by atoms with E-state index in [1.165, 1.54) is 0 Å². The molecule has 0 fully saturated rings. The van der Waals surface area contributed by atoms with Gasteiger partial charge in [0.15, 0.2) is 0 Å². The average Bonchev–Trinajstić information content (AvgIpc) is 2.36. The van der Waals surface area contributed by atoms with Gasteiger partial charge in [0, 0.05) is 12.1 Å². The smallest absolute Gasteiger partial charge is 0.236 e. The van der Waals surface area contributed by atoms with Crippen molar-refractivity contribution < 1.29 is 4.79 Å². The van der Waals surface area contributed by atoms with Crippen LogP contribution in [-0.4, -0.2) is 25.0 Å². The third-order valence-corrected chi connectivity index (χ3v) is 2.25. The summed E-state index contributed by atoms with van der Waals surface area (Å²) >= 11 is 0. The molecule has 0 radical (unpaired) electrons. The van der Waals surface area contributed by atoms with Crippen LogP contribution < -0.4 is 10.6 Å². The van der Waals surface area contributed by atoms with Crippen LogP contribution in [0, 0.1) is 11.8 Å². The number of nitrogens with one attached hydrogen (secondary N) is 2. The summed E-state index contributed by atoms with van der Waals surface area (Å²) in [5, 5.41) is 5.81. The van der Waals surface area contributed by atoms with Crippen LogP contribution in [0.25, 0.3) is 0 Å². The summed E-state index contributed by atoms with van der Waals surface area (Å²) < 4.78 is 0. The van der Waals surface area contributed by atoms with Crippen molar-refractivity contribution in [1.29, 1.82) is 0 Å². The molecule has 1 rings (SSSR count). The van der Waals surface area contributed by atoms with E-state index < -0.39 is 0 Å². The molecule has 0 heterocycles. The van der Waals surface area contributed by atoms with Crippen molar-refractivity contribution in [2.45, 2.75) is 19.9 Å². The molecule has 17 heavy (non-hydrogen) atoms. The maximum atomic E-state index is 11.4. The Balaban J connectivity index is 2.33. The highest BCUT2D eigenvalue weighted by molar-refractivity contribution is 5.81. The van der Waals surface area contributed by atoms with Crippen LogP contribution in [0.3, 0.4) is 0 Å². The second kappa shape index (κ2) is 7.48. The zero-order chi connectivity index (χ0) is 12.5. The van der Waals surface area contributed by atoms with Crippen LogP contribution in [0.2, 0.25) is 0 Å². The third-order valence-electron chi connectivity index (χ3n) is 2.25. The first-order valence-corrected chi connectivity index (χ1v) is 5.79. The van der Waals surface area contributed by atoms with Crippen molar-refractivity contribution >= 4 is 5.91 Å². The number of benzene rings is 1. The summed E-state index contributed by atoms with van der Waals surface area (Å²) in [5.41, 5.74) is 0.986. The molecule has 1 aromatic carbocycles. The Kier molecular flexibility index (Phi) is 5.84. The van der Waals surface area contributed by atoms with Crippen molar-refractivity contribution in [1.82, 2.24) is 10.6 Å². The zero-order valence-electron chi connectivity index (χ0n) is 10.3. The number of rotatable bonds is 4. The van der Waals surface area contributed by atoms with Gasteiger partial charge in [-0.25, -0.2) is 0 Å². The molecule has 0 bridgehead atoms. The van der Waals surface area contributed by atoms with Crippen LogP contribution in [0.4, 0.5) is 0 Å². The fourth-order valence-electron chi connectivity index (χ4n) is 1.29. The fraction of sp³-hybridized carbons (Fsp3) is 0.357. The van der Waals surface area contributed by atoms with Gasteiger partial charge in [-0.15, -0.1) is 0 Å². The Hall–Kier alpha value is -1.79. The van der Waals surface area contributed by atoms with E-state index in [2.05, 4.69) is 22.5 Å². The molecule has 0 aromatic heterocycles. The lowest BCUT2D eigenvalue weighted by molar-refractivity contribution is -0.122.